The summed E-state index contributed by atoms with van der Waals surface area (Å²) in [4.78, 5) is 0. The van der Waals surface area contributed by atoms with Crippen LogP contribution in [-0.2, 0) is 10.0 Å². The normalized spacial score (nSPS) is 14.4. The second kappa shape index (κ2) is 5.82. The van der Waals surface area contributed by atoms with E-state index in [1.54, 1.807) is 20.8 Å². The fourth-order valence-corrected chi connectivity index (χ4v) is 3.56. The van der Waals surface area contributed by atoms with Crippen LogP contribution in [0.15, 0.2) is 30.3 Å². The van der Waals surface area contributed by atoms with Crippen molar-refractivity contribution in [2.75, 3.05) is 12.4 Å². The lowest BCUT2D eigenvalue weighted by Gasteiger charge is -2.23. The largest absolute Gasteiger partial charge is 0.396 e. The molecule has 0 spiro atoms. The minimum atomic E-state index is -3.41. The van der Waals surface area contributed by atoms with E-state index >= 15 is 0 Å². The second-order valence-electron chi connectivity index (χ2n) is 5.33. The average Bonchev–Trinajstić information content (AvgIpc) is 2.28. The van der Waals surface area contributed by atoms with Crippen molar-refractivity contribution in [3.05, 3.63) is 35.9 Å². The number of nitrogens with one attached hydrogen (secondary N) is 1. The highest BCUT2D eigenvalue weighted by Gasteiger charge is 2.26. The maximum atomic E-state index is 12.0. The molecule has 0 radical (unpaired) electrons. The predicted octanol–water partition coefficient (Wildman–Crippen LogP) is 1.69. The molecule has 4 nitrogen and oxygen atoms in total. The zero-order chi connectivity index (χ0) is 13.8. The molecule has 1 aromatic rings. The van der Waals surface area contributed by atoms with Gasteiger partial charge in [0.1, 0.15) is 0 Å². The first-order chi connectivity index (χ1) is 8.26. The topological polar surface area (TPSA) is 66.4 Å². The third-order valence-corrected chi connectivity index (χ3v) is 4.54. The van der Waals surface area contributed by atoms with Gasteiger partial charge in [-0.3, -0.25) is 0 Å². The van der Waals surface area contributed by atoms with Crippen LogP contribution in [0, 0.1) is 5.41 Å². The molecule has 0 heterocycles. The van der Waals surface area contributed by atoms with E-state index in [9.17, 15) is 8.42 Å². The molecule has 1 atom stereocenters. The third-order valence-electron chi connectivity index (χ3n) is 2.66. The first-order valence-electron chi connectivity index (χ1n) is 5.91. The van der Waals surface area contributed by atoms with E-state index in [0.717, 1.165) is 5.56 Å². The van der Waals surface area contributed by atoms with E-state index in [2.05, 4.69) is 4.72 Å². The number of aliphatic hydroxyl groups is 1. The summed E-state index contributed by atoms with van der Waals surface area (Å²) < 4.78 is 26.6. The van der Waals surface area contributed by atoms with E-state index in [-0.39, 0.29) is 18.4 Å². The summed E-state index contributed by atoms with van der Waals surface area (Å²) in [6, 6.07) is 9.12. The van der Waals surface area contributed by atoms with Crippen LogP contribution in [0.3, 0.4) is 0 Å². The molecule has 0 aliphatic rings. The lowest BCUT2D eigenvalue weighted by Crippen LogP contribution is -2.36. The van der Waals surface area contributed by atoms with Crippen molar-refractivity contribution in [1.29, 1.82) is 0 Å². The second-order valence-corrected chi connectivity index (χ2v) is 7.09. The first kappa shape index (κ1) is 15.1. The van der Waals surface area contributed by atoms with Crippen LogP contribution < -0.4 is 4.72 Å². The molecule has 1 unspecified atom stereocenters. The van der Waals surface area contributed by atoms with E-state index in [1.165, 1.54) is 0 Å². The summed E-state index contributed by atoms with van der Waals surface area (Å²) >= 11 is 0. The lowest BCUT2D eigenvalue weighted by atomic mass is 9.98. The van der Waals surface area contributed by atoms with Gasteiger partial charge in [0.25, 0.3) is 0 Å². The third kappa shape index (κ3) is 4.76. The van der Waals surface area contributed by atoms with Gasteiger partial charge in [0.05, 0.1) is 5.75 Å². The highest BCUT2D eigenvalue weighted by Crippen LogP contribution is 2.19. The Hall–Kier alpha value is -0.910. The van der Waals surface area contributed by atoms with Crippen LogP contribution >= 0.6 is 0 Å². The molecule has 1 aromatic carbocycles. The van der Waals surface area contributed by atoms with Crippen LogP contribution in [0.1, 0.15) is 32.4 Å². The van der Waals surface area contributed by atoms with E-state index in [4.69, 9.17) is 5.11 Å². The van der Waals surface area contributed by atoms with Gasteiger partial charge in [0, 0.05) is 18.1 Å². The monoisotopic (exact) mass is 271 g/mol. The van der Waals surface area contributed by atoms with Crippen LogP contribution in [0.5, 0.6) is 0 Å². The minimum Gasteiger partial charge on any atom is -0.396 e. The van der Waals surface area contributed by atoms with Crippen LogP contribution in [0.2, 0.25) is 0 Å². The zero-order valence-electron chi connectivity index (χ0n) is 11.1. The van der Waals surface area contributed by atoms with Crippen molar-refractivity contribution in [2.24, 2.45) is 5.41 Å². The Morgan fingerprint density at radius 2 is 1.83 bits per heavy atom. The number of aliphatic hydroxyl groups excluding tert-OH is 1. The van der Waals surface area contributed by atoms with Crippen molar-refractivity contribution >= 4 is 10.0 Å². The molecule has 1 rings (SSSR count). The molecule has 0 aromatic heterocycles. The Balaban J connectivity index is 2.72. The number of benzene rings is 1. The molecule has 0 fully saturated rings. The number of hydrogen-bond acceptors (Lipinski definition) is 3. The lowest BCUT2D eigenvalue weighted by molar-refractivity contribution is 0.178. The molecule has 0 saturated carbocycles. The molecule has 5 heteroatoms. The summed E-state index contributed by atoms with van der Waals surface area (Å²) in [5.41, 5.74) is 0.283. The zero-order valence-corrected chi connectivity index (χ0v) is 11.9. The van der Waals surface area contributed by atoms with Crippen LogP contribution in [0.25, 0.3) is 0 Å². The maximum Gasteiger partial charge on any atom is 0.212 e. The van der Waals surface area contributed by atoms with Crippen molar-refractivity contribution in [3.63, 3.8) is 0 Å². The molecule has 2 N–H and O–H groups in total. The quantitative estimate of drug-likeness (QED) is 0.827. The van der Waals surface area contributed by atoms with Crippen LogP contribution in [0.4, 0.5) is 0 Å². The van der Waals surface area contributed by atoms with E-state index in [1.807, 2.05) is 30.3 Å². The SMILES string of the molecule is CC(NS(=O)(=O)CC(C)(C)CO)c1ccccc1. The molecular weight excluding hydrogens is 250 g/mol. The fraction of sp³-hybridized carbons (Fsp3) is 0.538. The van der Waals surface area contributed by atoms with Gasteiger partial charge < -0.3 is 5.11 Å². The predicted molar refractivity (Wildman–Crippen MR) is 72.6 cm³/mol. The molecule has 0 aliphatic heterocycles. The molecule has 0 amide bonds. The van der Waals surface area contributed by atoms with Gasteiger partial charge in [0.2, 0.25) is 10.0 Å². The Labute approximate surface area is 109 Å². The van der Waals surface area contributed by atoms with E-state index in [0.29, 0.717) is 0 Å². The van der Waals surface area contributed by atoms with Crippen molar-refractivity contribution < 1.29 is 13.5 Å². The Bertz CT molecular complexity index is 468. The van der Waals surface area contributed by atoms with Gasteiger partial charge in [-0.2, -0.15) is 0 Å². The number of rotatable bonds is 6. The summed E-state index contributed by atoms with van der Waals surface area (Å²) in [6.07, 6.45) is 0. The molecule has 102 valence electrons. The number of hydrogen-bond donors (Lipinski definition) is 2. The standard InChI is InChI=1S/C13H21NO3S/c1-11(12-7-5-4-6-8-12)14-18(16,17)10-13(2,3)9-15/h4-8,11,14-15H,9-10H2,1-3H3. The summed E-state index contributed by atoms with van der Waals surface area (Å²) in [6.45, 7) is 5.09. The Morgan fingerprint density at radius 1 is 1.28 bits per heavy atom. The molecular formula is C13H21NO3S. The Kier molecular flexibility index (Phi) is 4.90. The van der Waals surface area contributed by atoms with Crippen molar-refractivity contribution in [2.45, 2.75) is 26.8 Å². The minimum absolute atomic E-state index is 0.0896. The van der Waals surface area contributed by atoms with Crippen LogP contribution in [-0.4, -0.2) is 25.9 Å². The Morgan fingerprint density at radius 3 is 2.33 bits per heavy atom. The molecule has 0 saturated heterocycles. The average molecular weight is 271 g/mol. The van der Waals surface area contributed by atoms with Gasteiger partial charge >= 0.3 is 0 Å². The molecule has 18 heavy (non-hydrogen) atoms. The fourth-order valence-electron chi connectivity index (χ4n) is 1.68. The van der Waals surface area contributed by atoms with E-state index < -0.39 is 15.4 Å². The molecule has 0 aliphatic carbocycles. The number of sulfonamides is 1. The van der Waals surface area contributed by atoms with Crippen molar-refractivity contribution in [3.8, 4) is 0 Å². The maximum absolute atomic E-state index is 12.0. The summed E-state index contributed by atoms with van der Waals surface area (Å²) in [5.74, 6) is -0.0896. The summed E-state index contributed by atoms with van der Waals surface area (Å²) in [5, 5.41) is 9.12. The smallest absolute Gasteiger partial charge is 0.212 e. The van der Waals surface area contributed by atoms with Gasteiger partial charge in [-0.15, -0.1) is 0 Å². The van der Waals surface area contributed by atoms with Gasteiger partial charge in [-0.1, -0.05) is 44.2 Å². The van der Waals surface area contributed by atoms with Gasteiger partial charge in [0.15, 0.2) is 0 Å². The van der Waals surface area contributed by atoms with Gasteiger partial charge in [-0.25, -0.2) is 13.1 Å². The van der Waals surface area contributed by atoms with Crippen molar-refractivity contribution in [1.82, 2.24) is 4.72 Å². The highest BCUT2D eigenvalue weighted by atomic mass is 32.2. The summed E-state index contributed by atoms with van der Waals surface area (Å²) in [7, 11) is -3.41. The highest BCUT2D eigenvalue weighted by molar-refractivity contribution is 7.89. The van der Waals surface area contributed by atoms with Gasteiger partial charge in [-0.05, 0) is 12.5 Å². The first-order valence-corrected chi connectivity index (χ1v) is 7.57. The molecule has 0 bridgehead atoms.